The molecule has 0 amide bonds. The fourth-order valence-electron chi connectivity index (χ4n) is 4.61. The summed E-state index contributed by atoms with van der Waals surface area (Å²) in [5, 5.41) is 10.2. The van der Waals surface area contributed by atoms with Crippen LogP contribution in [0.3, 0.4) is 0 Å². The minimum Gasteiger partial charge on any atom is -0.496 e. The Labute approximate surface area is 166 Å². The smallest absolute Gasteiger partial charge is 0.124 e. The first-order valence-electron chi connectivity index (χ1n) is 9.97. The van der Waals surface area contributed by atoms with Crippen LogP contribution in [0.25, 0.3) is 0 Å². The summed E-state index contributed by atoms with van der Waals surface area (Å²) in [6.45, 7) is 6.53. The predicted octanol–water partition coefficient (Wildman–Crippen LogP) is 3.20. The maximum absolute atomic E-state index is 10.2. The second-order valence-corrected chi connectivity index (χ2v) is 7.85. The lowest BCUT2D eigenvalue weighted by molar-refractivity contribution is 0.0457. The number of para-hydroxylation sites is 1. The van der Waals surface area contributed by atoms with Crippen LogP contribution >= 0.6 is 0 Å². The Balaban J connectivity index is 1.54. The van der Waals surface area contributed by atoms with Gasteiger partial charge in [-0.2, -0.15) is 0 Å². The van der Waals surface area contributed by atoms with Gasteiger partial charge in [-0.25, -0.2) is 0 Å². The molecule has 1 N–H and O–H groups in total. The van der Waals surface area contributed by atoms with Gasteiger partial charge in [0.2, 0.25) is 0 Å². The molecule has 28 heavy (non-hydrogen) atoms. The van der Waals surface area contributed by atoms with Crippen molar-refractivity contribution in [3.05, 3.63) is 59.2 Å². The Morgan fingerprint density at radius 1 is 1.25 bits per heavy atom. The zero-order valence-electron chi connectivity index (χ0n) is 16.7. The number of aliphatic hydroxyl groups excluding tert-OH is 1. The van der Waals surface area contributed by atoms with Gasteiger partial charge in [0, 0.05) is 43.1 Å². The number of aliphatic hydroxyl groups is 1. The SMILES string of the molecule is CCOCc1cc(CN2C[C@@H]3c4ccccc4OC[C@]3(CO)C2)ccc1OC. The Kier molecular flexibility index (Phi) is 5.58. The third-order valence-electron chi connectivity index (χ3n) is 6.06. The van der Waals surface area contributed by atoms with Gasteiger partial charge in [-0.1, -0.05) is 24.3 Å². The lowest BCUT2D eigenvalue weighted by Gasteiger charge is -2.38. The quantitative estimate of drug-likeness (QED) is 0.796. The first-order chi connectivity index (χ1) is 13.7. The molecule has 2 aromatic rings. The van der Waals surface area contributed by atoms with Gasteiger partial charge in [-0.15, -0.1) is 0 Å². The van der Waals surface area contributed by atoms with E-state index in [0.717, 1.165) is 36.7 Å². The number of hydrogen-bond acceptors (Lipinski definition) is 5. The number of hydrogen-bond donors (Lipinski definition) is 1. The third kappa shape index (κ3) is 3.50. The molecule has 2 aliphatic heterocycles. The number of benzene rings is 2. The first-order valence-corrected chi connectivity index (χ1v) is 9.97. The molecule has 150 valence electrons. The summed E-state index contributed by atoms with van der Waals surface area (Å²) in [7, 11) is 1.69. The Hall–Kier alpha value is -2.08. The average Bonchev–Trinajstić information content (AvgIpc) is 3.11. The molecule has 0 saturated carbocycles. The van der Waals surface area contributed by atoms with Crippen molar-refractivity contribution < 1.29 is 19.3 Å². The van der Waals surface area contributed by atoms with Crippen molar-refractivity contribution in [3.63, 3.8) is 0 Å². The van der Waals surface area contributed by atoms with Crippen molar-refractivity contribution >= 4 is 0 Å². The molecule has 2 aliphatic rings. The highest BCUT2D eigenvalue weighted by molar-refractivity contribution is 5.41. The normalized spacial score (nSPS) is 23.8. The van der Waals surface area contributed by atoms with E-state index in [1.807, 2.05) is 25.1 Å². The van der Waals surface area contributed by atoms with E-state index < -0.39 is 0 Å². The monoisotopic (exact) mass is 383 g/mol. The van der Waals surface area contributed by atoms with Crippen molar-refractivity contribution in [3.8, 4) is 11.5 Å². The molecule has 5 nitrogen and oxygen atoms in total. The summed E-state index contributed by atoms with van der Waals surface area (Å²) in [5.41, 5.74) is 3.30. The molecule has 0 spiro atoms. The highest BCUT2D eigenvalue weighted by atomic mass is 16.5. The van der Waals surface area contributed by atoms with Crippen LogP contribution in [0, 0.1) is 5.41 Å². The topological polar surface area (TPSA) is 51.2 Å². The third-order valence-corrected chi connectivity index (χ3v) is 6.06. The summed E-state index contributed by atoms with van der Waals surface area (Å²) in [5.74, 6) is 2.12. The minimum absolute atomic E-state index is 0.140. The van der Waals surface area contributed by atoms with Crippen LogP contribution in [0.5, 0.6) is 11.5 Å². The minimum atomic E-state index is -0.227. The van der Waals surface area contributed by atoms with Crippen LogP contribution in [-0.2, 0) is 17.9 Å². The zero-order chi connectivity index (χ0) is 19.6. The van der Waals surface area contributed by atoms with Gasteiger partial charge in [-0.3, -0.25) is 4.90 Å². The molecule has 4 rings (SSSR count). The van der Waals surface area contributed by atoms with E-state index in [0.29, 0.717) is 25.7 Å². The highest BCUT2D eigenvalue weighted by Gasteiger charge is 2.50. The van der Waals surface area contributed by atoms with Crippen molar-refractivity contribution in [1.29, 1.82) is 0 Å². The van der Waals surface area contributed by atoms with Gasteiger partial charge in [0.25, 0.3) is 0 Å². The Morgan fingerprint density at radius 3 is 2.89 bits per heavy atom. The molecule has 0 radical (unpaired) electrons. The van der Waals surface area contributed by atoms with Gasteiger partial charge < -0.3 is 19.3 Å². The maximum Gasteiger partial charge on any atom is 0.124 e. The number of likely N-dealkylation sites (tertiary alicyclic amines) is 1. The van der Waals surface area contributed by atoms with E-state index in [2.05, 4.69) is 29.2 Å². The number of fused-ring (bicyclic) bond motifs is 3. The van der Waals surface area contributed by atoms with Gasteiger partial charge in [0.05, 0.1) is 26.9 Å². The van der Waals surface area contributed by atoms with Gasteiger partial charge in [0.1, 0.15) is 11.5 Å². The number of ether oxygens (including phenoxy) is 3. The number of methoxy groups -OCH3 is 1. The van der Waals surface area contributed by atoms with E-state index in [-0.39, 0.29) is 12.0 Å². The fraction of sp³-hybridized carbons (Fsp3) is 0.478. The lowest BCUT2D eigenvalue weighted by Crippen LogP contribution is -2.42. The predicted molar refractivity (Wildman–Crippen MR) is 108 cm³/mol. The first kappa shape index (κ1) is 19.2. The van der Waals surface area contributed by atoms with Gasteiger partial charge >= 0.3 is 0 Å². The van der Waals surface area contributed by atoms with Crippen molar-refractivity contribution in [2.24, 2.45) is 5.41 Å². The summed E-state index contributed by atoms with van der Waals surface area (Å²) >= 11 is 0. The molecule has 1 fully saturated rings. The van der Waals surface area contributed by atoms with Crippen molar-refractivity contribution in [1.82, 2.24) is 4.90 Å². The molecule has 2 heterocycles. The van der Waals surface area contributed by atoms with Crippen LogP contribution in [0.2, 0.25) is 0 Å². The summed E-state index contributed by atoms with van der Waals surface area (Å²) in [6, 6.07) is 14.5. The maximum atomic E-state index is 10.2. The largest absolute Gasteiger partial charge is 0.496 e. The van der Waals surface area contributed by atoms with Crippen LogP contribution in [0.15, 0.2) is 42.5 Å². The molecular weight excluding hydrogens is 354 g/mol. The van der Waals surface area contributed by atoms with Gasteiger partial charge in [0.15, 0.2) is 0 Å². The van der Waals surface area contributed by atoms with Crippen molar-refractivity contribution in [2.75, 3.05) is 40.0 Å². The van der Waals surface area contributed by atoms with E-state index in [1.54, 1.807) is 7.11 Å². The van der Waals surface area contributed by atoms with Gasteiger partial charge in [-0.05, 0) is 36.2 Å². The Morgan fingerprint density at radius 2 is 2.11 bits per heavy atom. The highest BCUT2D eigenvalue weighted by Crippen LogP contribution is 2.49. The second-order valence-electron chi connectivity index (χ2n) is 7.85. The molecular formula is C23H29NO4. The molecule has 2 aromatic carbocycles. The molecule has 1 saturated heterocycles. The summed E-state index contributed by atoms with van der Waals surface area (Å²) < 4.78 is 17.1. The molecule has 0 aliphatic carbocycles. The number of rotatable bonds is 7. The van der Waals surface area contributed by atoms with Crippen LogP contribution in [0.4, 0.5) is 0 Å². The van der Waals surface area contributed by atoms with E-state index in [4.69, 9.17) is 14.2 Å². The van der Waals surface area contributed by atoms with Crippen LogP contribution in [-0.4, -0.2) is 50.0 Å². The lowest BCUT2D eigenvalue weighted by atomic mass is 9.74. The average molecular weight is 383 g/mol. The molecule has 0 bridgehead atoms. The Bertz CT molecular complexity index is 824. The number of nitrogens with zero attached hydrogens (tertiary/aromatic N) is 1. The van der Waals surface area contributed by atoms with Crippen LogP contribution in [0.1, 0.15) is 29.5 Å². The molecule has 0 aromatic heterocycles. The molecule has 0 unspecified atom stereocenters. The molecule has 5 heteroatoms. The summed E-state index contributed by atoms with van der Waals surface area (Å²) in [6.07, 6.45) is 0. The zero-order valence-corrected chi connectivity index (χ0v) is 16.7. The standard InChI is InChI=1S/C23H29NO4/c1-3-27-13-18-10-17(8-9-21(18)26-2)11-24-12-20-19-6-4-5-7-22(19)28-16-23(20,14-24)15-25/h4-10,20,25H,3,11-16H2,1-2H3/t20-,23-/m1/s1. The second kappa shape index (κ2) is 8.11. The van der Waals surface area contributed by atoms with E-state index in [9.17, 15) is 5.11 Å². The van der Waals surface area contributed by atoms with E-state index in [1.165, 1.54) is 11.1 Å². The van der Waals surface area contributed by atoms with Crippen LogP contribution < -0.4 is 9.47 Å². The fourth-order valence-corrected chi connectivity index (χ4v) is 4.61. The molecule has 2 atom stereocenters. The summed E-state index contributed by atoms with van der Waals surface area (Å²) in [4.78, 5) is 2.43. The van der Waals surface area contributed by atoms with Crippen molar-refractivity contribution in [2.45, 2.75) is 26.0 Å². The van der Waals surface area contributed by atoms with E-state index >= 15 is 0 Å².